The predicted molar refractivity (Wildman–Crippen MR) is 136 cm³/mol. The van der Waals surface area contributed by atoms with Gasteiger partial charge in [-0.2, -0.15) is 0 Å². The highest BCUT2D eigenvalue weighted by Gasteiger charge is 2.63. The zero-order chi connectivity index (χ0) is 26.1. The minimum absolute atomic E-state index is 0.0120. The molecular formula is C26H40N2O6Si. The van der Waals surface area contributed by atoms with E-state index in [1.54, 1.807) is 4.90 Å². The molecule has 9 heteroatoms. The first-order chi connectivity index (χ1) is 16.4. The smallest absolute Gasteiger partial charge is 0.407 e. The van der Waals surface area contributed by atoms with Gasteiger partial charge in [-0.15, -0.1) is 0 Å². The van der Waals surface area contributed by atoms with Crippen LogP contribution in [0.15, 0.2) is 36.6 Å². The molecule has 3 aliphatic rings. The van der Waals surface area contributed by atoms with Crippen LogP contribution >= 0.6 is 0 Å². The van der Waals surface area contributed by atoms with Gasteiger partial charge in [0.25, 0.3) is 0 Å². The first kappa shape index (κ1) is 27.2. The van der Waals surface area contributed by atoms with E-state index in [4.69, 9.17) is 13.9 Å². The predicted octanol–water partition coefficient (Wildman–Crippen LogP) is 4.30. The number of fused-ring (bicyclic) bond motifs is 3. The number of amides is 2. The van der Waals surface area contributed by atoms with Gasteiger partial charge in [0.1, 0.15) is 18.9 Å². The molecule has 0 bridgehead atoms. The van der Waals surface area contributed by atoms with E-state index in [-0.39, 0.29) is 53.8 Å². The number of nitrogens with one attached hydrogen (secondary N) is 1. The molecular weight excluding hydrogens is 464 g/mol. The average Bonchev–Trinajstić information content (AvgIpc) is 3.06. The Hall–Kier alpha value is -2.39. The fourth-order valence-corrected chi connectivity index (χ4v) is 6.68. The molecule has 0 aromatic carbocycles. The second kappa shape index (κ2) is 10.3. The Kier molecular flexibility index (Phi) is 8.01. The van der Waals surface area contributed by atoms with E-state index >= 15 is 0 Å². The molecule has 8 nitrogen and oxygen atoms in total. The van der Waals surface area contributed by atoms with Crippen molar-refractivity contribution in [3.63, 3.8) is 0 Å². The normalized spacial score (nSPS) is 26.8. The van der Waals surface area contributed by atoms with Gasteiger partial charge in [0.05, 0.1) is 24.1 Å². The molecule has 0 aromatic heterocycles. The van der Waals surface area contributed by atoms with Gasteiger partial charge >= 0.3 is 12.1 Å². The molecule has 0 spiro atoms. The fraction of sp³-hybridized carbons (Fsp3) is 0.654. The van der Waals surface area contributed by atoms with Crippen LogP contribution < -0.4 is 5.32 Å². The molecule has 2 amide bonds. The largest absolute Gasteiger partial charge is 0.457 e. The summed E-state index contributed by atoms with van der Waals surface area (Å²) >= 11 is 0. The van der Waals surface area contributed by atoms with E-state index in [0.717, 1.165) is 18.4 Å². The number of β-lactam (4-membered cyclic amide) rings is 1. The second-order valence-corrected chi connectivity index (χ2v) is 15.9. The first-order valence-corrected chi connectivity index (χ1v) is 15.3. The highest BCUT2D eigenvalue weighted by molar-refractivity contribution is 6.74. The number of hydrogen-bond acceptors (Lipinski definition) is 6. The molecule has 1 unspecified atom stereocenters. The number of hydrogen-bond donors (Lipinski definition) is 1. The lowest BCUT2D eigenvalue weighted by Gasteiger charge is -2.51. The fourth-order valence-electron chi connectivity index (χ4n) is 5.25. The number of carbonyl (C=O) groups is 3. The Balaban J connectivity index is 1.92. The van der Waals surface area contributed by atoms with Crippen molar-refractivity contribution in [1.82, 2.24) is 10.2 Å². The summed E-state index contributed by atoms with van der Waals surface area (Å²) in [5.41, 5.74) is 1.03. The average molecular weight is 505 g/mol. The van der Waals surface area contributed by atoms with Crippen LogP contribution in [0.25, 0.3) is 0 Å². The van der Waals surface area contributed by atoms with Crippen molar-refractivity contribution in [3.05, 3.63) is 36.6 Å². The number of esters is 1. The van der Waals surface area contributed by atoms with Crippen LogP contribution in [0.3, 0.4) is 0 Å². The number of carbonyl (C=O) groups excluding carboxylic acids is 3. The molecule has 0 aromatic rings. The van der Waals surface area contributed by atoms with Crippen LogP contribution in [0.1, 0.15) is 47.0 Å². The van der Waals surface area contributed by atoms with Crippen molar-refractivity contribution in [2.75, 3.05) is 13.2 Å². The third-order valence-corrected chi connectivity index (χ3v) is 12.4. The first-order valence-electron chi connectivity index (χ1n) is 12.4. The highest BCUT2D eigenvalue weighted by Crippen LogP contribution is 2.53. The molecule has 1 aliphatic carbocycles. The van der Waals surface area contributed by atoms with Crippen LogP contribution in [0.5, 0.6) is 0 Å². The van der Waals surface area contributed by atoms with Crippen molar-refractivity contribution in [1.29, 1.82) is 0 Å². The Bertz CT molecular complexity index is 921. The van der Waals surface area contributed by atoms with E-state index in [2.05, 4.69) is 52.3 Å². The zero-order valence-corrected chi connectivity index (χ0v) is 22.9. The van der Waals surface area contributed by atoms with Crippen molar-refractivity contribution in [2.24, 2.45) is 11.8 Å². The Morgan fingerprint density at radius 3 is 2.40 bits per heavy atom. The number of ether oxygens (including phenoxy) is 2. The van der Waals surface area contributed by atoms with Crippen LogP contribution in [-0.2, 0) is 23.5 Å². The lowest BCUT2D eigenvalue weighted by Crippen LogP contribution is -2.65. The molecule has 194 valence electrons. The molecule has 35 heavy (non-hydrogen) atoms. The number of nitrogens with zero attached hydrogens (tertiary/aromatic N) is 1. The van der Waals surface area contributed by atoms with E-state index in [0.29, 0.717) is 6.42 Å². The molecule has 1 N–H and O–H groups in total. The summed E-state index contributed by atoms with van der Waals surface area (Å²) in [6.45, 7) is 20.1. The lowest BCUT2D eigenvalue weighted by molar-refractivity contribution is -0.163. The Morgan fingerprint density at radius 1 is 1.17 bits per heavy atom. The van der Waals surface area contributed by atoms with Gasteiger partial charge in [-0.1, -0.05) is 52.5 Å². The Labute approximate surface area is 209 Å². The van der Waals surface area contributed by atoms with Crippen molar-refractivity contribution in [3.8, 4) is 0 Å². The van der Waals surface area contributed by atoms with Gasteiger partial charge in [0.2, 0.25) is 5.91 Å². The van der Waals surface area contributed by atoms with E-state index in [1.807, 2.05) is 6.92 Å². The quantitative estimate of drug-likeness (QED) is 0.218. The van der Waals surface area contributed by atoms with E-state index in [9.17, 15) is 14.4 Å². The van der Waals surface area contributed by atoms with Gasteiger partial charge in [0, 0.05) is 5.92 Å². The maximum absolute atomic E-state index is 13.5. The van der Waals surface area contributed by atoms with Gasteiger partial charge in [-0.05, 0) is 43.5 Å². The van der Waals surface area contributed by atoms with Gasteiger partial charge < -0.3 is 24.1 Å². The molecule has 1 saturated heterocycles. The zero-order valence-electron chi connectivity index (χ0n) is 21.9. The second-order valence-electron chi connectivity index (χ2n) is 11.1. The lowest BCUT2D eigenvalue weighted by atomic mass is 9.71. The summed E-state index contributed by atoms with van der Waals surface area (Å²) < 4.78 is 17.1. The third-order valence-electron chi connectivity index (χ3n) is 7.84. The monoisotopic (exact) mass is 504 g/mol. The summed E-state index contributed by atoms with van der Waals surface area (Å²) in [5.74, 6) is -1.08. The van der Waals surface area contributed by atoms with Crippen LogP contribution in [0, 0.1) is 11.8 Å². The third kappa shape index (κ3) is 5.11. The molecule has 5 atom stereocenters. The topological polar surface area (TPSA) is 94.2 Å². The molecule has 2 fully saturated rings. The van der Waals surface area contributed by atoms with Crippen molar-refractivity contribution < 1.29 is 28.3 Å². The van der Waals surface area contributed by atoms with Crippen LogP contribution in [-0.4, -0.2) is 62.6 Å². The molecule has 2 heterocycles. The standard InChI is InChI=1S/C26H40N2O6Si/c1-9-14-32-24(30)22-20-17(12-11-13-18(20)27-25(31)33-15-10-2)21-19(23(29)28(21)22)16(3)34-35(7,8)26(4,5)6/h9-10,16-19,21H,1-2,11-15H2,3-8H3,(H,27,31)/t16?,17-,18-,19+,21+/m0/s1. The van der Waals surface area contributed by atoms with Gasteiger partial charge in [0.15, 0.2) is 8.32 Å². The van der Waals surface area contributed by atoms with Crippen LogP contribution in [0.2, 0.25) is 18.1 Å². The Morgan fingerprint density at radius 2 is 1.80 bits per heavy atom. The van der Waals surface area contributed by atoms with E-state index < -0.39 is 26.4 Å². The number of alkyl carbamates (subject to hydrolysis) is 1. The summed E-state index contributed by atoms with van der Waals surface area (Å²) in [7, 11) is -2.10. The maximum Gasteiger partial charge on any atom is 0.407 e. The number of rotatable bonds is 9. The summed E-state index contributed by atoms with van der Waals surface area (Å²) in [6, 6.07) is -0.592. The highest BCUT2D eigenvalue weighted by atomic mass is 28.4. The molecule has 1 saturated carbocycles. The minimum Gasteiger partial charge on any atom is -0.457 e. The van der Waals surface area contributed by atoms with E-state index in [1.165, 1.54) is 12.2 Å². The van der Waals surface area contributed by atoms with Crippen molar-refractivity contribution >= 4 is 26.3 Å². The molecule has 0 radical (unpaired) electrons. The minimum atomic E-state index is -2.10. The SMILES string of the molecule is C=CCOC(=O)N[C@H]1CCC[C@H]2C1=C(C(=O)OCC=C)N1C(=O)[C@H](C(C)O[Si](C)(C)C(C)(C)C)[C@@H]21. The summed E-state index contributed by atoms with van der Waals surface area (Å²) in [5, 5.41) is 2.91. The van der Waals surface area contributed by atoms with Crippen LogP contribution in [0.4, 0.5) is 4.79 Å². The van der Waals surface area contributed by atoms with Gasteiger partial charge in [-0.3, -0.25) is 4.79 Å². The van der Waals surface area contributed by atoms with Crippen molar-refractivity contribution in [2.45, 2.75) is 83.3 Å². The summed E-state index contributed by atoms with van der Waals surface area (Å²) in [4.78, 5) is 40.6. The van der Waals surface area contributed by atoms with Gasteiger partial charge in [-0.25, -0.2) is 9.59 Å². The summed E-state index contributed by atoms with van der Waals surface area (Å²) in [6.07, 6.45) is 4.47. The molecule has 3 rings (SSSR count). The maximum atomic E-state index is 13.5. The molecule has 2 aliphatic heterocycles.